The molecular formula is C16H23F3N2. The van der Waals surface area contributed by atoms with Crippen LogP contribution in [-0.4, -0.2) is 24.5 Å². The van der Waals surface area contributed by atoms with E-state index in [2.05, 4.69) is 6.92 Å². The summed E-state index contributed by atoms with van der Waals surface area (Å²) in [7, 11) is 1.89. The molecule has 0 bridgehead atoms. The number of hydrogen-bond donors (Lipinski definition) is 1. The van der Waals surface area contributed by atoms with Crippen molar-refractivity contribution in [1.82, 2.24) is 4.90 Å². The van der Waals surface area contributed by atoms with E-state index in [9.17, 15) is 13.2 Å². The molecule has 0 aromatic heterocycles. The number of rotatable bonds is 4. The Labute approximate surface area is 124 Å². The average Bonchev–Trinajstić information content (AvgIpc) is 2.45. The van der Waals surface area contributed by atoms with E-state index in [4.69, 9.17) is 5.73 Å². The van der Waals surface area contributed by atoms with Crippen molar-refractivity contribution in [1.29, 1.82) is 0 Å². The van der Waals surface area contributed by atoms with Crippen molar-refractivity contribution in [2.45, 2.75) is 44.7 Å². The fraction of sp³-hybridized carbons (Fsp3) is 0.625. The summed E-state index contributed by atoms with van der Waals surface area (Å²) in [5, 5.41) is 0. The summed E-state index contributed by atoms with van der Waals surface area (Å²) >= 11 is 0. The van der Waals surface area contributed by atoms with Crippen molar-refractivity contribution >= 4 is 0 Å². The molecule has 2 nitrogen and oxygen atoms in total. The van der Waals surface area contributed by atoms with E-state index in [1.54, 1.807) is 0 Å². The van der Waals surface area contributed by atoms with Gasteiger partial charge in [-0.05, 0) is 31.9 Å². The Morgan fingerprint density at radius 3 is 2.38 bits per heavy atom. The lowest BCUT2D eigenvalue weighted by Gasteiger charge is -2.40. The summed E-state index contributed by atoms with van der Waals surface area (Å²) in [5.74, 6) is -2.44. The lowest BCUT2D eigenvalue weighted by atomic mass is 9.84. The van der Waals surface area contributed by atoms with Gasteiger partial charge in [0.15, 0.2) is 11.6 Å². The minimum absolute atomic E-state index is 0.136. The first-order valence-corrected chi connectivity index (χ1v) is 7.52. The van der Waals surface area contributed by atoms with Crippen molar-refractivity contribution in [3.05, 3.63) is 35.1 Å². The molecule has 3 atom stereocenters. The number of benzene rings is 1. The molecule has 1 aliphatic carbocycles. The lowest BCUT2D eigenvalue weighted by Crippen LogP contribution is -2.43. The maximum absolute atomic E-state index is 14.0. The van der Waals surface area contributed by atoms with Crippen molar-refractivity contribution in [2.24, 2.45) is 11.7 Å². The van der Waals surface area contributed by atoms with E-state index in [1.807, 2.05) is 11.9 Å². The molecule has 0 radical (unpaired) electrons. The van der Waals surface area contributed by atoms with Crippen LogP contribution in [0, 0.1) is 23.4 Å². The van der Waals surface area contributed by atoms with Crippen LogP contribution in [0.3, 0.4) is 0 Å². The van der Waals surface area contributed by atoms with E-state index >= 15 is 0 Å². The molecule has 0 heterocycles. The first-order chi connectivity index (χ1) is 9.95. The Morgan fingerprint density at radius 2 is 1.76 bits per heavy atom. The zero-order chi connectivity index (χ0) is 15.6. The van der Waals surface area contributed by atoms with Crippen LogP contribution in [0.5, 0.6) is 0 Å². The zero-order valence-corrected chi connectivity index (χ0v) is 12.6. The quantitative estimate of drug-likeness (QED) is 0.861. The number of halogens is 3. The average molecular weight is 300 g/mol. The topological polar surface area (TPSA) is 29.3 Å². The maximum atomic E-state index is 14.0. The third-order valence-electron chi connectivity index (χ3n) is 4.70. The van der Waals surface area contributed by atoms with Crippen molar-refractivity contribution in [3.8, 4) is 0 Å². The number of likely N-dealkylation sites (N-methyl/N-ethyl adjacent to an activating group) is 1. The van der Waals surface area contributed by atoms with Gasteiger partial charge in [-0.3, -0.25) is 4.90 Å². The summed E-state index contributed by atoms with van der Waals surface area (Å²) in [6.07, 6.45) is 4.50. The minimum Gasteiger partial charge on any atom is -0.329 e. The van der Waals surface area contributed by atoms with E-state index in [0.29, 0.717) is 18.0 Å². The maximum Gasteiger partial charge on any atom is 0.161 e. The molecule has 0 aliphatic heterocycles. The van der Waals surface area contributed by atoms with Gasteiger partial charge in [-0.2, -0.15) is 0 Å². The molecule has 1 fully saturated rings. The largest absolute Gasteiger partial charge is 0.329 e. The molecule has 1 saturated carbocycles. The molecule has 2 rings (SSSR count). The summed E-state index contributed by atoms with van der Waals surface area (Å²) in [6.45, 7) is 2.34. The molecule has 3 unspecified atom stereocenters. The molecule has 1 aromatic carbocycles. The highest BCUT2D eigenvalue weighted by molar-refractivity contribution is 5.24. The van der Waals surface area contributed by atoms with Crippen LogP contribution in [-0.2, 0) is 0 Å². The summed E-state index contributed by atoms with van der Waals surface area (Å²) in [4.78, 5) is 2.03. The van der Waals surface area contributed by atoms with E-state index in [1.165, 1.54) is 6.42 Å². The normalized spacial score (nSPS) is 24.3. The second-order valence-corrected chi connectivity index (χ2v) is 6.03. The van der Waals surface area contributed by atoms with Gasteiger partial charge in [-0.15, -0.1) is 0 Å². The SMILES string of the molecule is CC1CCCCC1N(C)C(CN)c1cc(F)c(F)cc1F. The Hall–Kier alpha value is -1.07. The van der Waals surface area contributed by atoms with Gasteiger partial charge in [0.25, 0.3) is 0 Å². The van der Waals surface area contributed by atoms with Crippen LogP contribution in [0.1, 0.15) is 44.2 Å². The predicted molar refractivity (Wildman–Crippen MR) is 77.3 cm³/mol. The van der Waals surface area contributed by atoms with Crippen LogP contribution in [0.4, 0.5) is 13.2 Å². The fourth-order valence-corrected chi connectivity index (χ4v) is 3.44. The van der Waals surface area contributed by atoms with Crippen LogP contribution in [0.15, 0.2) is 12.1 Å². The molecule has 1 aromatic rings. The number of hydrogen-bond acceptors (Lipinski definition) is 2. The first kappa shape index (κ1) is 16.3. The molecule has 2 N–H and O–H groups in total. The fourth-order valence-electron chi connectivity index (χ4n) is 3.44. The molecule has 5 heteroatoms. The molecule has 0 saturated heterocycles. The Bertz CT molecular complexity index is 493. The molecule has 0 spiro atoms. The molecular weight excluding hydrogens is 277 g/mol. The van der Waals surface area contributed by atoms with Gasteiger partial charge in [0.1, 0.15) is 5.82 Å². The van der Waals surface area contributed by atoms with Crippen LogP contribution in [0.2, 0.25) is 0 Å². The predicted octanol–water partition coefficient (Wildman–Crippen LogP) is 3.61. The number of nitrogens with zero attached hydrogens (tertiary/aromatic N) is 1. The third kappa shape index (κ3) is 3.40. The van der Waals surface area contributed by atoms with Crippen molar-refractivity contribution < 1.29 is 13.2 Å². The molecule has 21 heavy (non-hydrogen) atoms. The second kappa shape index (κ2) is 6.79. The summed E-state index contributed by atoms with van der Waals surface area (Å²) in [6, 6.07) is 1.39. The smallest absolute Gasteiger partial charge is 0.161 e. The van der Waals surface area contributed by atoms with Crippen LogP contribution >= 0.6 is 0 Å². The van der Waals surface area contributed by atoms with Gasteiger partial charge in [-0.1, -0.05) is 19.8 Å². The van der Waals surface area contributed by atoms with E-state index < -0.39 is 23.5 Å². The van der Waals surface area contributed by atoms with Gasteiger partial charge >= 0.3 is 0 Å². The Balaban J connectivity index is 2.28. The van der Waals surface area contributed by atoms with E-state index in [0.717, 1.165) is 25.3 Å². The van der Waals surface area contributed by atoms with Gasteiger partial charge < -0.3 is 5.73 Å². The monoisotopic (exact) mass is 300 g/mol. The van der Waals surface area contributed by atoms with Gasteiger partial charge in [0.05, 0.1) is 6.04 Å². The van der Waals surface area contributed by atoms with E-state index in [-0.39, 0.29) is 12.1 Å². The highest BCUT2D eigenvalue weighted by atomic mass is 19.2. The summed E-state index contributed by atoms with van der Waals surface area (Å²) in [5.41, 5.74) is 5.93. The second-order valence-electron chi connectivity index (χ2n) is 6.03. The zero-order valence-electron chi connectivity index (χ0n) is 12.6. The first-order valence-electron chi connectivity index (χ1n) is 7.52. The Kier molecular flexibility index (Phi) is 5.27. The van der Waals surface area contributed by atoms with Gasteiger partial charge in [-0.25, -0.2) is 13.2 Å². The van der Waals surface area contributed by atoms with Crippen LogP contribution < -0.4 is 5.73 Å². The highest BCUT2D eigenvalue weighted by Gasteiger charge is 2.31. The Morgan fingerprint density at radius 1 is 1.14 bits per heavy atom. The molecule has 0 amide bonds. The van der Waals surface area contributed by atoms with Crippen LogP contribution in [0.25, 0.3) is 0 Å². The van der Waals surface area contributed by atoms with Gasteiger partial charge in [0.2, 0.25) is 0 Å². The molecule has 118 valence electrons. The standard InChI is InChI=1S/C16H23F3N2/c1-10-5-3-4-6-15(10)21(2)16(9-20)11-7-13(18)14(19)8-12(11)17/h7-8,10,15-16H,3-6,9,20H2,1-2H3. The number of nitrogens with two attached hydrogens (primary N) is 1. The third-order valence-corrected chi connectivity index (χ3v) is 4.70. The lowest BCUT2D eigenvalue weighted by molar-refractivity contribution is 0.0973. The molecule has 1 aliphatic rings. The van der Waals surface area contributed by atoms with Crippen molar-refractivity contribution in [3.63, 3.8) is 0 Å². The summed E-state index contributed by atoms with van der Waals surface area (Å²) < 4.78 is 40.5. The minimum atomic E-state index is -1.17. The van der Waals surface area contributed by atoms with Gasteiger partial charge in [0, 0.05) is 24.2 Å². The van der Waals surface area contributed by atoms with Crippen molar-refractivity contribution in [2.75, 3.05) is 13.6 Å². The highest BCUT2D eigenvalue weighted by Crippen LogP contribution is 2.33.